The third-order valence-electron chi connectivity index (χ3n) is 3.38. The van der Waals surface area contributed by atoms with E-state index in [-0.39, 0.29) is 41.8 Å². The summed E-state index contributed by atoms with van der Waals surface area (Å²) in [6.45, 7) is 1.76. The lowest BCUT2D eigenvalue weighted by Crippen LogP contribution is -2.15. The minimum Gasteiger partial charge on any atom is -0.242 e. The van der Waals surface area contributed by atoms with Crippen LogP contribution in [0.1, 0.15) is 50.8 Å². The Bertz CT molecular complexity index is 721. The van der Waals surface area contributed by atoms with Gasteiger partial charge in [-0.15, -0.1) is 0 Å². The molecule has 18 heavy (non-hydrogen) atoms. The molecule has 0 bridgehead atoms. The van der Waals surface area contributed by atoms with Gasteiger partial charge in [0.25, 0.3) is 0 Å². The van der Waals surface area contributed by atoms with Gasteiger partial charge in [-0.2, -0.15) is 5.10 Å². The molecule has 94 valence electrons. The van der Waals surface area contributed by atoms with E-state index in [0.717, 1.165) is 25.7 Å². The first-order valence-electron chi connectivity index (χ1n) is 8.92. The number of rotatable bonds is 2. The molecule has 1 saturated carbocycles. The third kappa shape index (κ3) is 2.17. The molecule has 0 saturated heterocycles. The largest absolute Gasteiger partial charge is 0.242 e. The molecule has 3 nitrogen and oxygen atoms in total. The number of hydrogen-bond acceptors (Lipinski definition) is 2. The zero-order chi connectivity index (χ0) is 16.7. The molecule has 1 heterocycles. The number of hydrogen-bond donors (Lipinski definition) is 0. The molecule has 0 amide bonds. The molecule has 1 aromatic heterocycles. The van der Waals surface area contributed by atoms with E-state index < -0.39 is 0 Å². The lowest BCUT2D eigenvalue weighted by atomic mass is 9.95. The van der Waals surface area contributed by atoms with Gasteiger partial charge in [-0.1, -0.05) is 49.5 Å². The summed E-state index contributed by atoms with van der Waals surface area (Å²) in [4.78, 5) is 4.37. The Hall–Kier alpha value is -1.64. The first-order valence-corrected chi connectivity index (χ1v) is 6.42. The van der Waals surface area contributed by atoms with Crippen LogP contribution in [-0.4, -0.2) is 14.8 Å². The Balaban J connectivity index is 2.20. The van der Waals surface area contributed by atoms with E-state index in [9.17, 15) is 0 Å². The van der Waals surface area contributed by atoms with Crippen LogP contribution < -0.4 is 0 Å². The minimum atomic E-state index is -0.385. The van der Waals surface area contributed by atoms with E-state index in [1.54, 1.807) is 11.6 Å². The van der Waals surface area contributed by atoms with Gasteiger partial charge in [0.15, 0.2) is 5.82 Å². The maximum atomic E-state index is 8.14. The van der Waals surface area contributed by atoms with Gasteiger partial charge >= 0.3 is 0 Å². The highest BCUT2D eigenvalue weighted by molar-refractivity contribution is 5.54. The Morgan fingerprint density at radius 3 is 2.61 bits per heavy atom. The number of nitrogens with zero attached hydrogens (tertiary/aromatic N) is 3. The average molecular weight is 246 g/mol. The Morgan fingerprint density at radius 2 is 1.89 bits per heavy atom. The number of aryl methyl sites for hydroxylation is 1. The zero-order valence-corrected chi connectivity index (χ0v) is 10.5. The second kappa shape index (κ2) is 4.92. The van der Waals surface area contributed by atoms with Crippen LogP contribution in [0, 0.1) is 6.92 Å². The minimum absolute atomic E-state index is 0.141. The number of aromatic nitrogens is 3. The van der Waals surface area contributed by atoms with Crippen molar-refractivity contribution in [2.24, 2.45) is 0 Å². The van der Waals surface area contributed by atoms with Crippen molar-refractivity contribution in [3.63, 3.8) is 0 Å². The summed E-state index contributed by atoms with van der Waals surface area (Å²) < 4.78 is 41.4. The molecule has 1 fully saturated rings. The molecule has 0 N–H and O–H groups in total. The maximum Gasteiger partial charge on any atom is 0.158 e. The summed E-state index contributed by atoms with van der Waals surface area (Å²) in [5.74, 6) is 0.934. The van der Waals surface area contributed by atoms with Crippen molar-refractivity contribution >= 4 is 0 Å². The fourth-order valence-electron chi connectivity index (χ4n) is 2.54. The number of benzene rings is 1. The molecule has 1 aromatic carbocycles. The normalized spacial score (nSPS) is 20.8. The fraction of sp³-hybridized carbons (Fsp3) is 0.467. The molecule has 0 unspecified atom stereocenters. The Morgan fingerprint density at radius 1 is 1.17 bits per heavy atom. The summed E-state index contributed by atoms with van der Waals surface area (Å²) >= 11 is 0. The van der Waals surface area contributed by atoms with Crippen LogP contribution in [0.25, 0.3) is 11.4 Å². The van der Waals surface area contributed by atoms with Crippen molar-refractivity contribution in [1.82, 2.24) is 14.8 Å². The van der Waals surface area contributed by atoms with Crippen molar-refractivity contribution in [3.8, 4) is 11.4 Å². The van der Waals surface area contributed by atoms with E-state index in [2.05, 4.69) is 10.1 Å². The van der Waals surface area contributed by atoms with Crippen LogP contribution in [0.5, 0.6) is 0 Å². The molecule has 0 aliphatic heterocycles. The van der Waals surface area contributed by atoms with Gasteiger partial charge in [0.05, 0.1) is 12.9 Å². The molecular formula is C15H19N3. The van der Waals surface area contributed by atoms with Gasteiger partial charge in [0.1, 0.15) is 5.82 Å². The second-order valence-corrected chi connectivity index (χ2v) is 4.72. The van der Waals surface area contributed by atoms with Gasteiger partial charge in [-0.3, -0.25) is 0 Å². The zero-order valence-electron chi connectivity index (χ0n) is 15.5. The predicted molar refractivity (Wildman–Crippen MR) is 72.3 cm³/mol. The highest BCUT2D eigenvalue weighted by atomic mass is 15.4. The fourth-order valence-corrected chi connectivity index (χ4v) is 2.54. The van der Waals surface area contributed by atoms with E-state index >= 15 is 0 Å². The molecule has 2 aromatic rings. The van der Waals surface area contributed by atoms with Crippen LogP contribution in [0.2, 0.25) is 0 Å². The van der Waals surface area contributed by atoms with E-state index in [0.29, 0.717) is 11.6 Å². The second-order valence-electron chi connectivity index (χ2n) is 4.72. The molecule has 3 rings (SSSR count). The molecule has 0 atom stereocenters. The monoisotopic (exact) mass is 246 g/mol. The molecule has 1 aliphatic carbocycles. The van der Waals surface area contributed by atoms with Crippen LogP contribution in [0.4, 0.5) is 0 Å². The van der Waals surface area contributed by atoms with Crippen molar-refractivity contribution in [2.75, 3.05) is 0 Å². The van der Waals surface area contributed by atoms with Crippen molar-refractivity contribution in [3.05, 3.63) is 36.0 Å². The first kappa shape index (κ1) is 7.07. The smallest absolute Gasteiger partial charge is 0.158 e. The lowest BCUT2D eigenvalue weighted by molar-refractivity contribution is 0.331. The summed E-state index contributed by atoms with van der Waals surface area (Å²) in [6.07, 6.45) is 5.39. The summed E-state index contributed by atoms with van der Waals surface area (Å²) in [5, 5.41) is 4.44. The highest BCUT2D eigenvalue weighted by Crippen LogP contribution is 2.31. The third-order valence-corrected chi connectivity index (χ3v) is 3.38. The van der Waals surface area contributed by atoms with Gasteiger partial charge in [0.2, 0.25) is 0 Å². The highest BCUT2D eigenvalue weighted by Gasteiger charge is 2.20. The molecule has 0 radical (unpaired) electrons. The molecular weight excluding hydrogens is 222 g/mol. The summed E-state index contributed by atoms with van der Waals surface area (Å²) in [7, 11) is 0. The van der Waals surface area contributed by atoms with Crippen LogP contribution >= 0.6 is 0 Å². The van der Waals surface area contributed by atoms with Gasteiger partial charge < -0.3 is 0 Å². The van der Waals surface area contributed by atoms with Crippen molar-refractivity contribution < 1.29 is 6.85 Å². The molecule has 1 aliphatic rings. The summed E-state index contributed by atoms with van der Waals surface area (Å²) in [5.41, 5.74) is 0.141. The van der Waals surface area contributed by atoms with Crippen LogP contribution in [-0.2, 0) is 0 Å². The van der Waals surface area contributed by atoms with E-state index in [1.807, 2.05) is 0 Å². The van der Waals surface area contributed by atoms with E-state index in [4.69, 9.17) is 6.85 Å². The SMILES string of the molecule is [2H]c1c([2H])c([2H])c(-c2nc(C)nn2C2CCCCC2)c([2H])c1[2H]. The Labute approximate surface area is 115 Å². The van der Waals surface area contributed by atoms with Gasteiger partial charge in [0, 0.05) is 5.56 Å². The van der Waals surface area contributed by atoms with Crippen molar-refractivity contribution in [2.45, 2.75) is 45.1 Å². The van der Waals surface area contributed by atoms with Crippen molar-refractivity contribution in [1.29, 1.82) is 0 Å². The first-order chi connectivity index (χ1) is 10.9. The van der Waals surface area contributed by atoms with Gasteiger partial charge in [-0.05, 0) is 19.8 Å². The Kier molecular flexibility index (Phi) is 1.94. The molecule has 3 heteroatoms. The standard InChI is InChI=1S/C15H19N3/c1-12-16-15(13-8-4-2-5-9-13)18(17-12)14-10-6-3-7-11-14/h2,4-5,8-9,14H,3,6-7,10-11H2,1H3/i2D,4D,5D,8D,9D. The summed E-state index contributed by atoms with van der Waals surface area (Å²) in [6, 6.07) is -1.32. The van der Waals surface area contributed by atoms with Gasteiger partial charge in [-0.25, -0.2) is 9.67 Å². The topological polar surface area (TPSA) is 30.7 Å². The van der Waals surface area contributed by atoms with E-state index in [1.165, 1.54) is 6.42 Å². The predicted octanol–water partition coefficient (Wildman–Crippen LogP) is 3.76. The van der Waals surface area contributed by atoms with Crippen LogP contribution in [0.15, 0.2) is 30.2 Å². The van der Waals surface area contributed by atoms with Crippen LogP contribution in [0.3, 0.4) is 0 Å². The molecule has 0 spiro atoms. The maximum absolute atomic E-state index is 8.14. The lowest BCUT2D eigenvalue weighted by Gasteiger charge is -2.23. The quantitative estimate of drug-likeness (QED) is 0.807. The average Bonchev–Trinajstić information content (AvgIpc) is 2.93.